The topological polar surface area (TPSA) is 76.0 Å². The molecule has 0 aromatic heterocycles. The Morgan fingerprint density at radius 3 is 2.41 bits per heavy atom. The lowest BCUT2D eigenvalue weighted by molar-refractivity contribution is 0.0694. The van der Waals surface area contributed by atoms with Crippen molar-refractivity contribution >= 4 is 5.97 Å². The van der Waals surface area contributed by atoms with Crippen LogP contribution in [0.5, 0.6) is 17.2 Å². The van der Waals surface area contributed by atoms with Crippen LogP contribution < -0.4 is 9.47 Å². The van der Waals surface area contributed by atoms with Crippen molar-refractivity contribution in [1.82, 2.24) is 0 Å². The number of hydrogen-bond acceptors (Lipinski definition) is 4. The van der Waals surface area contributed by atoms with Gasteiger partial charge in [-0.2, -0.15) is 0 Å². The summed E-state index contributed by atoms with van der Waals surface area (Å²) in [5, 5.41) is 18.5. The summed E-state index contributed by atoms with van der Waals surface area (Å²) < 4.78 is 11.4. The van der Waals surface area contributed by atoms with E-state index in [0.29, 0.717) is 30.1 Å². The van der Waals surface area contributed by atoms with Crippen molar-refractivity contribution in [3.05, 3.63) is 89.5 Å². The molecular weight excluding hydrogens is 344 g/mol. The molecule has 0 fully saturated rings. The molecule has 3 aromatic carbocycles. The molecule has 0 aliphatic rings. The first-order chi connectivity index (χ1) is 13.1. The van der Waals surface area contributed by atoms with Gasteiger partial charge < -0.3 is 19.7 Å². The van der Waals surface area contributed by atoms with Gasteiger partial charge in [0.1, 0.15) is 23.9 Å². The predicted molar refractivity (Wildman–Crippen MR) is 101 cm³/mol. The zero-order valence-corrected chi connectivity index (χ0v) is 14.7. The first kappa shape index (κ1) is 18.3. The molecule has 3 rings (SSSR count). The summed E-state index contributed by atoms with van der Waals surface area (Å²) in [6.07, 6.45) is 0.698. The average molecular weight is 364 g/mol. The second-order valence-corrected chi connectivity index (χ2v) is 5.99. The van der Waals surface area contributed by atoms with Gasteiger partial charge in [0.25, 0.3) is 0 Å². The molecule has 0 radical (unpaired) electrons. The summed E-state index contributed by atoms with van der Waals surface area (Å²) in [4.78, 5) is 11.3. The number of rotatable bonds is 8. The van der Waals surface area contributed by atoms with E-state index in [4.69, 9.17) is 9.47 Å². The lowest BCUT2D eigenvalue weighted by Crippen LogP contribution is -2.05. The maximum atomic E-state index is 11.3. The van der Waals surface area contributed by atoms with Crippen LogP contribution in [-0.4, -0.2) is 22.8 Å². The van der Waals surface area contributed by atoms with Crippen LogP contribution in [0.1, 0.15) is 21.5 Å². The summed E-state index contributed by atoms with van der Waals surface area (Å²) in [5.74, 6) is 0.619. The van der Waals surface area contributed by atoms with Gasteiger partial charge in [-0.1, -0.05) is 30.3 Å². The predicted octanol–water partition coefficient (Wildman–Crippen LogP) is 4.29. The Morgan fingerprint density at radius 1 is 0.852 bits per heavy atom. The van der Waals surface area contributed by atoms with Crippen LogP contribution in [0.4, 0.5) is 0 Å². The Balaban J connectivity index is 1.56. The Hall–Kier alpha value is -3.47. The summed E-state index contributed by atoms with van der Waals surface area (Å²) in [7, 11) is 0. The molecule has 2 N–H and O–H groups in total. The van der Waals surface area contributed by atoms with Crippen molar-refractivity contribution in [2.45, 2.75) is 13.0 Å². The molecule has 0 saturated heterocycles. The second kappa shape index (κ2) is 8.76. The third-order valence-electron chi connectivity index (χ3n) is 4.04. The molecule has 5 nitrogen and oxygen atoms in total. The van der Waals surface area contributed by atoms with Gasteiger partial charge in [-0.05, 0) is 48.0 Å². The van der Waals surface area contributed by atoms with Gasteiger partial charge in [0.15, 0.2) is 0 Å². The molecule has 138 valence electrons. The van der Waals surface area contributed by atoms with Crippen LogP contribution in [0.15, 0.2) is 72.8 Å². The van der Waals surface area contributed by atoms with E-state index in [1.54, 1.807) is 48.5 Å². The number of hydrogen-bond donors (Lipinski definition) is 2. The number of aromatic carboxylic acids is 1. The quantitative estimate of drug-likeness (QED) is 0.624. The summed E-state index contributed by atoms with van der Waals surface area (Å²) in [5.41, 5.74) is 1.93. The van der Waals surface area contributed by atoms with Gasteiger partial charge in [-0.25, -0.2) is 4.79 Å². The van der Waals surface area contributed by atoms with E-state index >= 15 is 0 Å². The van der Waals surface area contributed by atoms with Crippen LogP contribution in [0.25, 0.3) is 0 Å². The van der Waals surface area contributed by atoms with E-state index in [0.717, 1.165) is 5.56 Å². The Morgan fingerprint density at radius 2 is 1.63 bits per heavy atom. The number of aromatic hydroxyl groups is 1. The fourth-order valence-electron chi connectivity index (χ4n) is 2.64. The molecule has 0 aliphatic carbocycles. The number of phenols is 1. The molecule has 27 heavy (non-hydrogen) atoms. The maximum Gasteiger partial charge on any atom is 0.336 e. The minimum absolute atomic E-state index is 0.190. The first-order valence-corrected chi connectivity index (χ1v) is 8.56. The summed E-state index contributed by atoms with van der Waals surface area (Å²) >= 11 is 0. The van der Waals surface area contributed by atoms with Gasteiger partial charge >= 0.3 is 5.97 Å². The van der Waals surface area contributed by atoms with E-state index in [-0.39, 0.29) is 17.9 Å². The number of carboxylic acids is 1. The normalized spacial score (nSPS) is 10.4. The second-order valence-electron chi connectivity index (χ2n) is 5.99. The highest BCUT2D eigenvalue weighted by Crippen LogP contribution is 2.19. The molecule has 0 heterocycles. The van der Waals surface area contributed by atoms with Crippen LogP contribution >= 0.6 is 0 Å². The lowest BCUT2D eigenvalue weighted by atomic mass is 10.1. The number of phenolic OH excluding ortho intramolecular Hbond substituents is 1. The highest BCUT2D eigenvalue weighted by Gasteiger charge is 2.09. The highest BCUT2D eigenvalue weighted by atomic mass is 16.5. The minimum Gasteiger partial charge on any atom is -0.508 e. The van der Waals surface area contributed by atoms with Crippen LogP contribution in [0.2, 0.25) is 0 Å². The zero-order valence-electron chi connectivity index (χ0n) is 14.7. The molecular formula is C22H20O5. The standard InChI is InChI=1S/C22H20O5/c23-18-8-10-19(11-9-18)26-13-12-16-4-3-6-20(14-16)27-15-17-5-1-2-7-21(17)22(24)25/h1-11,14,23H,12-13,15H2,(H,24,25). The SMILES string of the molecule is O=C(O)c1ccccc1COc1cccc(CCOc2ccc(O)cc2)c1. The maximum absolute atomic E-state index is 11.3. The van der Waals surface area contributed by atoms with Crippen LogP contribution in [0, 0.1) is 0 Å². The fourth-order valence-corrected chi connectivity index (χ4v) is 2.64. The number of ether oxygens (including phenoxy) is 2. The minimum atomic E-state index is -0.964. The van der Waals surface area contributed by atoms with Crippen molar-refractivity contribution in [2.75, 3.05) is 6.61 Å². The third kappa shape index (κ3) is 5.25. The van der Waals surface area contributed by atoms with Crippen molar-refractivity contribution in [1.29, 1.82) is 0 Å². The molecule has 0 amide bonds. The first-order valence-electron chi connectivity index (χ1n) is 8.56. The third-order valence-corrected chi connectivity index (χ3v) is 4.04. The van der Waals surface area contributed by atoms with Crippen molar-refractivity contribution in [3.8, 4) is 17.2 Å². The van der Waals surface area contributed by atoms with Gasteiger partial charge in [0.05, 0.1) is 12.2 Å². The van der Waals surface area contributed by atoms with E-state index in [1.165, 1.54) is 0 Å². The molecule has 0 bridgehead atoms. The number of carboxylic acid groups (broad SMARTS) is 1. The lowest BCUT2D eigenvalue weighted by Gasteiger charge is -2.10. The Kier molecular flexibility index (Phi) is 5.94. The number of carbonyl (C=O) groups is 1. The Bertz CT molecular complexity index is 903. The highest BCUT2D eigenvalue weighted by molar-refractivity contribution is 5.89. The Labute approximate surface area is 157 Å². The summed E-state index contributed by atoms with van der Waals surface area (Å²) in [6, 6.07) is 21.0. The molecule has 0 aliphatic heterocycles. The van der Waals surface area contributed by atoms with Gasteiger partial charge in [-0.3, -0.25) is 0 Å². The van der Waals surface area contributed by atoms with Gasteiger partial charge in [0.2, 0.25) is 0 Å². The van der Waals surface area contributed by atoms with Gasteiger partial charge in [0, 0.05) is 12.0 Å². The van der Waals surface area contributed by atoms with E-state index in [2.05, 4.69) is 0 Å². The smallest absolute Gasteiger partial charge is 0.336 e. The van der Waals surface area contributed by atoms with Crippen LogP contribution in [0.3, 0.4) is 0 Å². The molecule has 5 heteroatoms. The van der Waals surface area contributed by atoms with E-state index < -0.39 is 5.97 Å². The van der Waals surface area contributed by atoms with Gasteiger partial charge in [-0.15, -0.1) is 0 Å². The molecule has 0 spiro atoms. The summed E-state index contributed by atoms with van der Waals surface area (Å²) in [6.45, 7) is 0.687. The number of benzene rings is 3. The van der Waals surface area contributed by atoms with E-state index in [9.17, 15) is 15.0 Å². The molecule has 3 aromatic rings. The largest absolute Gasteiger partial charge is 0.508 e. The van der Waals surface area contributed by atoms with Crippen molar-refractivity contribution in [3.63, 3.8) is 0 Å². The van der Waals surface area contributed by atoms with E-state index in [1.807, 2.05) is 24.3 Å². The molecule has 0 saturated carbocycles. The van der Waals surface area contributed by atoms with Crippen molar-refractivity contribution < 1.29 is 24.5 Å². The molecule has 0 unspecified atom stereocenters. The zero-order chi connectivity index (χ0) is 19.1. The van der Waals surface area contributed by atoms with Crippen LogP contribution in [-0.2, 0) is 13.0 Å². The molecule has 0 atom stereocenters. The fraction of sp³-hybridized carbons (Fsp3) is 0.136. The monoisotopic (exact) mass is 364 g/mol. The average Bonchev–Trinajstić information content (AvgIpc) is 2.68. The van der Waals surface area contributed by atoms with Crippen molar-refractivity contribution in [2.24, 2.45) is 0 Å².